The summed E-state index contributed by atoms with van der Waals surface area (Å²) in [5.74, 6) is 0.853. The number of piperidine rings is 1. The average molecular weight is 250 g/mol. The second-order valence-electron chi connectivity index (χ2n) is 5.18. The molecule has 1 aromatic heterocycles. The van der Waals surface area contributed by atoms with Crippen molar-refractivity contribution in [2.75, 3.05) is 26.2 Å². The second kappa shape index (κ2) is 6.90. The summed E-state index contributed by atoms with van der Waals surface area (Å²) < 4.78 is 2.20. The van der Waals surface area contributed by atoms with Crippen molar-refractivity contribution in [3.63, 3.8) is 0 Å². The Kier molecular flexibility index (Phi) is 5.20. The highest BCUT2D eigenvalue weighted by molar-refractivity contribution is 4.97. The number of hydrogen-bond donors (Lipinski definition) is 1. The summed E-state index contributed by atoms with van der Waals surface area (Å²) in [5, 5.41) is 3.59. The molecule has 102 valence electrons. The lowest BCUT2D eigenvalue weighted by molar-refractivity contribution is 0.190. The Bertz CT molecular complexity index is 339. The molecule has 18 heavy (non-hydrogen) atoms. The van der Waals surface area contributed by atoms with Gasteiger partial charge in [-0.1, -0.05) is 6.92 Å². The van der Waals surface area contributed by atoms with Crippen LogP contribution in [0.2, 0.25) is 0 Å². The summed E-state index contributed by atoms with van der Waals surface area (Å²) in [6.07, 6.45) is 6.56. The van der Waals surface area contributed by atoms with Crippen LogP contribution in [0.4, 0.5) is 0 Å². The number of rotatable bonds is 6. The van der Waals surface area contributed by atoms with Gasteiger partial charge in [0.15, 0.2) is 0 Å². The van der Waals surface area contributed by atoms with Crippen molar-refractivity contribution in [2.24, 2.45) is 5.92 Å². The number of hydrogen-bond acceptors (Lipinski definition) is 3. The Hall–Kier alpha value is -0.870. The smallest absolute Gasteiger partial charge is 0.0948 e. The maximum atomic E-state index is 4.20. The van der Waals surface area contributed by atoms with E-state index in [9.17, 15) is 0 Å². The van der Waals surface area contributed by atoms with E-state index in [2.05, 4.69) is 33.6 Å². The van der Waals surface area contributed by atoms with E-state index >= 15 is 0 Å². The van der Waals surface area contributed by atoms with Crippen LogP contribution in [0.5, 0.6) is 0 Å². The summed E-state index contributed by atoms with van der Waals surface area (Å²) >= 11 is 0. The van der Waals surface area contributed by atoms with Gasteiger partial charge in [-0.05, 0) is 51.9 Å². The van der Waals surface area contributed by atoms with Crippen molar-refractivity contribution in [3.05, 3.63) is 18.2 Å². The zero-order valence-corrected chi connectivity index (χ0v) is 11.7. The topological polar surface area (TPSA) is 33.1 Å². The Morgan fingerprint density at radius 3 is 2.72 bits per heavy atom. The van der Waals surface area contributed by atoms with Crippen molar-refractivity contribution < 1.29 is 0 Å². The van der Waals surface area contributed by atoms with Gasteiger partial charge in [0.25, 0.3) is 0 Å². The molecule has 4 nitrogen and oxygen atoms in total. The van der Waals surface area contributed by atoms with Gasteiger partial charge in [0, 0.05) is 19.3 Å². The Balaban J connectivity index is 1.67. The van der Waals surface area contributed by atoms with Crippen molar-refractivity contribution in [1.82, 2.24) is 19.8 Å². The van der Waals surface area contributed by atoms with Crippen molar-refractivity contribution >= 4 is 0 Å². The number of aryl methyl sites for hydroxylation is 1. The van der Waals surface area contributed by atoms with Gasteiger partial charge < -0.3 is 14.8 Å². The molecular weight excluding hydrogens is 224 g/mol. The third kappa shape index (κ3) is 3.56. The first-order chi connectivity index (χ1) is 8.83. The molecule has 2 rings (SSSR count). The number of aromatic nitrogens is 2. The molecule has 0 unspecified atom stereocenters. The Morgan fingerprint density at radius 1 is 1.28 bits per heavy atom. The average Bonchev–Trinajstić information content (AvgIpc) is 2.87. The fraction of sp³-hybridized carbons (Fsp3) is 0.786. The van der Waals surface area contributed by atoms with Crippen molar-refractivity contribution in [2.45, 2.75) is 39.8 Å². The molecule has 0 amide bonds. The van der Waals surface area contributed by atoms with Crippen LogP contribution in [0.3, 0.4) is 0 Å². The minimum atomic E-state index is 0.853. The van der Waals surface area contributed by atoms with Gasteiger partial charge in [-0.2, -0.15) is 0 Å². The van der Waals surface area contributed by atoms with E-state index in [1.54, 1.807) is 0 Å². The molecule has 1 saturated heterocycles. The Morgan fingerprint density at radius 2 is 2.06 bits per heavy atom. The highest BCUT2D eigenvalue weighted by Gasteiger charge is 2.17. The van der Waals surface area contributed by atoms with E-state index in [0.717, 1.165) is 25.6 Å². The molecule has 0 aromatic carbocycles. The first-order valence-corrected chi connectivity index (χ1v) is 7.25. The lowest BCUT2D eigenvalue weighted by Crippen LogP contribution is -2.37. The monoisotopic (exact) mass is 250 g/mol. The van der Waals surface area contributed by atoms with Crippen LogP contribution in [0, 0.1) is 5.92 Å². The lowest BCUT2D eigenvalue weighted by atomic mass is 9.97. The first kappa shape index (κ1) is 13.6. The maximum absolute atomic E-state index is 4.20. The molecule has 2 heterocycles. The summed E-state index contributed by atoms with van der Waals surface area (Å²) in [6.45, 7) is 11.3. The van der Waals surface area contributed by atoms with Crippen LogP contribution >= 0.6 is 0 Å². The van der Waals surface area contributed by atoms with E-state index in [1.165, 1.54) is 38.2 Å². The van der Waals surface area contributed by atoms with Crippen LogP contribution < -0.4 is 5.32 Å². The quantitative estimate of drug-likeness (QED) is 0.834. The number of nitrogens with zero attached hydrogens (tertiary/aromatic N) is 3. The lowest BCUT2D eigenvalue weighted by Gasteiger charge is -2.31. The SMILES string of the molecule is CCN1CCC(CNCc2cncn2CC)CC1. The van der Waals surface area contributed by atoms with Gasteiger partial charge in [0.2, 0.25) is 0 Å². The molecule has 0 aliphatic carbocycles. The molecule has 1 aliphatic heterocycles. The van der Waals surface area contributed by atoms with E-state index in [0.29, 0.717) is 0 Å². The van der Waals surface area contributed by atoms with Gasteiger partial charge >= 0.3 is 0 Å². The fourth-order valence-corrected chi connectivity index (χ4v) is 2.69. The highest BCUT2D eigenvalue weighted by atomic mass is 15.1. The predicted molar refractivity (Wildman–Crippen MR) is 74.4 cm³/mol. The first-order valence-electron chi connectivity index (χ1n) is 7.25. The molecule has 1 aliphatic rings. The van der Waals surface area contributed by atoms with Crippen molar-refractivity contribution in [1.29, 1.82) is 0 Å². The van der Waals surface area contributed by atoms with Crippen LogP contribution in [0.15, 0.2) is 12.5 Å². The van der Waals surface area contributed by atoms with E-state index in [-0.39, 0.29) is 0 Å². The minimum absolute atomic E-state index is 0.853. The molecule has 0 bridgehead atoms. The highest BCUT2D eigenvalue weighted by Crippen LogP contribution is 2.15. The molecule has 0 spiro atoms. The molecular formula is C14H26N4. The van der Waals surface area contributed by atoms with Gasteiger partial charge in [-0.25, -0.2) is 4.98 Å². The second-order valence-corrected chi connectivity index (χ2v) is 5.18. The summed E-state index contributed by atoms with van der Waals surface area (Å²) in [5.41, 5.74) is 1.29. The van der Waals surface area contributed by atoms with Crippen LogP contribution in [0.25, 0.3) is 0 Å². The molecule has 0 saturated carbocycles. The van der Waals surface area contributed by atoms with Gasteiger partial charge in [-0.3, -0.25) is 0 Å². The zero-order chi connectivity index (χ0) is 12.8. The largest absolute Gasteiger partial charge is 0.334 e. The number of likely N-dealkylation sites (tertiary alicyclic amines) is 1. The van der Waals surface area contributed by atoms with Gasteiger partial charge in [0.1, 0.15) is 0 Å². The third-order valence-electron chi connectivity index (χ3n) is 4.03. The molecule has 4 heteroatoms. The van der Waals surface area contributed by atoms with E-state index in [1.807, 2.05) is 12.5 Å². The Labute approximate surface area is 110 Å². The van der Waals surface area contributed by atoms with Gasteiger partial charge in [-0.15, -0.1) is 0 Å². The standard InChI is InChI=1S/C14H26N4/c1-3-17-7-5-13(6-8-17)9-15-10-14-11-16-12-18(14)4-2/h11-13,15H,3-10H2,1-2H3. The molecule has 1 aromatic rings. The fourth-order valence-electron chi connectivity index (χ4n) is 2.69. The summed E-state index contributed by atoms with van der Waals surface area (Å²) in [6, 6.07) is 0. The van der Waals surface area contributed by atoms with E-state index < -0.39 is 0 Å². The third-order valence-corrected chi connectivity index (χ3v) is 4.03. The van der Waals surface area contributed by atoms with Gasteiger partial charge in [0.05, 0.1) is 12.0 Å². The van der Waals surface area contributed by atoms with Crippen molar-refractivity contribution in [3.8, 4) is 0 Å². The summed E-state index contributed by atoms with van der Waals surface area (Å²) in [4.78, 5) is 6.74. The molecule has 1 fully saturated rings. The van der Waals surface area contributed by atoms with Crippen LogP contribution in [0.1, 0.15) is 32.4 Å². The summed E-state index contributed by atoms with van der Waals surface area (Å²) in [7, 11) is 0. The predicted octanol–water partition coefficient (Wildman–Crippen LogP) is 1.72. The van der Waals surface area contributed by atoms with Crippen LogP contribution in [-0.4, -0.2) is 40.6 Å². The minimum Gasteiger partial charge on any atom is -0.334 e. The number of nitrogens with one attached hydrogen (secondary N) is 1. The maximum Gasteiger partial charge on any atom is 0.0948 e. The molecule has 0 atom stereocenters. The van der Waals surface area contributed by atoms with E-state index in [4.69, 9.17) is 0 Å². The molecule has 1 N–H and O–H groups in total. The zero-order valence-electron chi connectivity index (χ0n) is 11.7. The van der Waals surface area contributed by atoms with Crippen LogP contribution in [-0.2, 0) is 13.1 Å². The molecule has 0 radical (unpaired) electrons. The normalized spacial score (nSPS) is 18.3. The number of imidazole rings is 1.